The third-order valence-electron chi connectivity index (χ3n) is 1.42. The van der Waals surface area contributed by atoms with Gasteiger partial charge >= 0.3 is 0 Å². The third kappa shape index (κ3) is 4.82. The van der Waals surface area contributed by atoms with Crippen LogP contribution in [-0.4, -0.2) is 5.91 Å². The van der Waals surface area contributed by atoms with E-state index in [1.54, 1.807) is 19.1 Å². The van der Waals surface area contributed by atoms with Crippen molar-refractivity contribution < 1.29 is 4.79 Å². The van der Waals surface area contributed by atoms with Gasteiger partial charge in [0.15, 0.2) is 0 Å². The van der Waals surface area contributed by atoms with Gasteiger partial charge < -0.3 is 17.2 Å². The summed E-state index contributed by atoms with van der Waals surface area (Å²) in [5.74, 6) is -0.435. The van der Waals surface area contributed by atoms with E-state index < -0.39 is 5.91 Å². The summed E-state index contributed by atoms with van der Waals surface area (Å²) in [7, 11) is 0. The Morgan fingerprint density at radius 1 is 1.21 bits per heavy atom. The van der Waals surface area contributed by atoms with E-state index in [0.717, 1.165) is 0 Å². The zero-order chi connectivity index (χ0) is 11.1. The van der Waals surface area contributed by atoms with Gasteiger partial charge in [-0.25, -0.2) is 0 Å². The normalized spacial score (nSPS) is 8.36. The monoisotopic (exact) mass is 193 g/mol. The van der Waals surface area contributed by atoms with Gasteiger partial charge in [0.1, 0.15) is 0 Å². The molecule has 0 spiro atoms. The Balaban J connectivity index is 0.000000255. The van der Waals surface area contributed by atoms with Crippen LogP contribution in [0.4, 0.5) is 11.4 Å². The van der Waals surface area contributed by atoms with E-state index >= 15 is 0 Å². The van der Waals surface area contributed by atoms with Gasteiger partial charge in [0.05, 0.1) is 11.4 Å². The van der Waals surface area contributed by atoms with Crippen molar-refractivity contribution in [2.75, 3.05) is 11.5 Å². The van der Waals surface area contributed by atoms with Gasteiger partial charge in [-0.05, 0) is 19.1 Å². The van der Waals surface area contributed by atoms with Crippen molar-refractivity contribution in [2.24, 2.45) is 5.73 Å². The summed E-state index contributed by atoms with van der Waals surface area (Å²) >= 11 is 0. The van der Waals surface area contributed by atoms with Crippen molar-refractivity contribution in [2.45, 2.75) is 6.92 Å². The smallest absolute Gasteiger partial charge is 0.243 e. The zero-order valence-corrected chi connectivity index (χ0v) is 8.16. The van der Waals surface area contributed by atoms with E-state index in [0.29, 0.717) is 16.9 Å². The molecule has 0 saturated heterocycles. The van der Waals surface area contributed by atoms with Gasteiger partial charge in [-0.1, -0.05) is 18.7 Å². The quantitative estimate of drug-likeness (QED) is 0.456. The molecule has 0 aliphatic carbocycles. The second-order valence-corrected chi connectivity index (χ2v) is 2.77. The molecule has 1 aromatic carbocycles. The summed E-state index contributed by atoms with van der Waals surface area (Å²) in [5.41, 5.74) is 17.2. The summed E-state index contributed by atoms with van der Waals surface area (Å²) in [6, 6.07) is 7.25. The molecule has 4 nitrogen and oxygen atoms in total. The number of nitrogens with two attached hydrogens (primary N) is 3. The Morgan fingerprint density at radius 3 is 1.64 bits per heavy atom. The van der Waals surface area contributed by atoms with Crippen molar-refractivity contribution in [3.63, 3.8) is 0 Å². The van der Waals surface area contributed by atoms with Crippen molar-refractivity contribution in [3.8, 4) is 0 Å². The SMILES string of the molecule is C=C(C)C(N)=O.Nc1ccccc1N. The Hall–Kier alpha value is -1.97. The lowest BCUT2D eigenvalue weighted by atomic mass is 10.3. The van der Waals surface area contributed by atoms with Gasteiger partial charge in [-0.3, -0.25) is 4.79 Å². The van der Waals surface area contributed by atoms with Crippen LogP contribution in [0.1, 0.15) is 6.92 Å². The van der Waals surface area contributed by atoms with E-state index in [9.17, 15) is 4.79 Å². The predicted molar refractivity (Wildman–Crippen MR) is 59.3 cm³/mol. The molecule has 0 aromatic heterocycles. The third-order valence-corrected chi connectivity index (χ3v) is 1.42. The second kappa shape index (κ2) is 5.64. The number of carbonyl (C=O) groups excluding carboxylic acids is 1. The van der Waals surface area contributed by atoms with Crippen LogP contribution in [0.5, 0.6) is 0 Å². The van der Waals surface area contributed by atoms with E-state index in [2.05, 4.69) is 6.58 Å². The maximum atomic E-state index is 9.82. The highest BCUT2D eigenvalue weighted by molar-refractivity contribution is 5.90. The highest BCUT2D eigenvalue weighted by Gasteiger charge is 1.86. The van der Waals surface area contributed by atoms with Crippen LogP contribution in [-0.2, 0) is 4.79 Å². The molecule has 1 rings (SSSR count). The number of hydrogen-bond donors (Lipinski definition) is 3. The molecule has 1 amide bonds. The van der Waals surface area contributed by atoms with E-state index in [1.165, 1.54) is 0 Å². The summed E-state index contributed by atoms with van der Waals surface area (Å²) in [6.07, 6.45) is 0. The Labute approximate surface area is 83.4 Å². The average Bonchev–Trinajstić information content (AvgIpc) is 2.11. The predicted octanol–water partition coefficient (Wildman–Crippen LogP) is 0.899. The number of para-hydroxylation sites is 2. The Bertz CT molecular complexity index is 301. The minimum absolute atomic E-state index is 0.398. The molecule has 76 valence electrons. The molecule has 0 unspecified atom stereocenters. The van der Waals surface area contributed by atoms with Crippen molar-refractivity contribution in [3.05, 3.63) is 36.4 Å². The molecule has 0 bridgehead atoms. The molecular formula is C10H15N3O. The molecule has 1 aromatic rings. The Kier molecular flexibility index (Phi) is 4.84. The molecule has 6 N–H and O–H groups in total. The molecule has 0 radical (unpaired) electrons. The van der Waals surface area contributed by atoms with Gasteiger partial charge in [0.2, 0.25) is 5.91 Å². The van der Waals surface area contributed by atoms with Crippen LogP contribution in [0.3, 0.4) is 0 Å². The fraction of sp³-hybridized carbons (Fsp3) is 0.100. The van der Waals surface area contributed by atoms with Gasteiger partial charge in [-0.2, -0.15) is 0 Å². The molecule has 0 aliphatic rings. The minimum Gasteiger partial charge on any atom is -0.397 e. The second-order valence-electron chi connectivity index (χ2n) is 2.77. The maximum Gasteiger partial charge on any atom is 0.243 e. The van der Waals surface area contributed by atoms with Crippen LogP contribution in [0.2, 0.25) is 0 Å². The van der Waals surface area contributed by atoms with E-state index in [-0.39, 0.29) is 0 Å². The number of amides is 1. The number of primary amides is 1. The highest BCUT2D eigenvalue weighted by Crippen LogP contribution is 2.10. The van der Waals surface area contributed by atoms with Crippen LogP contribution < -0.4 is 17.2 Å². The van der Waals surface area contributed by atoms with Crippen molar-refractivity contribution >= 4 is 17.3 Å². The van der Waals surface area contributed by atoms with Crippen LogP contribution in [0.25, 0.3) is 0 Å². The summed E-state index contributed by atoms with van der Waals surface area (Å²) in [5, 5.41) is 0. The first-order valence-corrected chi connectivity index (χ1v) is 4.00. The highest BCUT2D eigenvalue weighted by atomic mass is 16.1. The fourth-order valence-corrected chi connectivity index (χ4v) is 0.511. The van der Waals surface area contributed by atoms with E-state index in [4.69, 9.17) is 17.2 Å². The summed E-state index contributed by atoms with van der Waals surface area (Å²) < 4.78 is 0. The molecule has 0 aliphatic heterocycles. The lowest BCUT2D eigenvalue weighted by Gasteiger charge is -1.94. The van der Waals surface area contributed by atoms with Gasteiger partial charge in [-0.15, -0.1) is 0 Å². The lowest BCUT2D eigenvalue weighted by molar-refractivity contribution is -0.114. The zero-order valence-electron chi connectivity index (χ0n) is 8.16. The first-order valence-electron chi connectivity index (χ1n) is 4.00. The maximum absolute atomic E-state index is 9.82. The number of benzene rings is 1. The molecular weight excluding hydrogens is 178 g/mol. The van der Waals surface area contributed by atoms with Crippen LogP contribution in [0.15, 0.2) is 36.4 Å². The minimum atomic E-state index is -0.435. The average molecular weight is 193 g/mol. The van der Waals surface area contributed by atoms with Gasteiger partial charge in [0, 0.05) is 5.57 Å². The Morgan fingerprint density at radius 2 is 1.50 bits per heavy atom. The summed E-state index contributed by atoms with van der Waals surface area (Å²) in [4.78, 5) is 9.82. The fourth-order valence-electron chi connectivity index (χ4n) is 0.511. The van der Waals surface area contributed by atoms with E-state index in [1.807, 2.05) is 12.1 Å². The first-order chi connectivity index (χ1) is 6.45. The molecule has 0 saturated carbocycles. The number of hydrogen-bond acceptors (Lipinski definition) is 3. The number of carbonyl (C=O) groups is 1. The topological polar surface area (TPSA) is 95.1 Å². The first kappa shape index (κ1) is 12.0. The van der Waals surface area contributed by atoms with Crippen LogP contribution in [0, 0.1) is 0 Å². The number of rotatable bonds is 1. The standard InChI is InChI=1S/C6H8N2.C4H7NO/c7-5-3-1-2-4-6(5)8;1-3(2)4(5)6/h1-4H,7-8H2;1H2,2H3,(H2,5,6). The lowest BCUT2D eigenvalue weighted by Crippen LogP contribution is -2.10. The van der Waals surface area contributed by atoms with Crippen molar-refractivity contribution in [1.29, 1.82) is 0 Å². The largest absolute Gasteiger partial charge is 0.397 e. The number of nitrogen functional groups attached to an aromatic ring is 2. The van der Waals surface area contributed by atoms with Crippen molar-refractivity contribution in [1.82, 2.24) is 0 Å². The van der Waals surface area contributed by atoms with Crippen LogP contribution >= 0.6 is 0 Å². The molecule has 4 heteroatoms. The van der Waals surface area contributed by atoms with Gasteiger partial charge in [0.25, 0.3) is 0 Å². The molecule has 0 atom stereocenters. The molecule has 14 heavy (non-hydrogen) atoms. The molecule has 0 fully saturated rings. The molecule has 0 heterocycles. The summed E-state index contributed by atoms with van der Waals surface area (Å²) in [6.45, 7) is 4.85. The number of anilines is 2.